The molecule has 0 aliphatic heterocycles. The lowest BCUT2D eigenvalue weighted by molar-refractivity contribution is -0.141. The largest absolute Gasteiger partial charge is 0.435 e. The van der Waals surface area contributed by atoms with Crippen LogP contribution in [0.25, 0.3) is 5.69 Å². The first kappa shape index (κ1) is 13.9. The maximum Gasteiger partial charge on any atom is 0.435 e. The van der Waals surface area contributed by atoms with E-state index < -0.39 is 17.7 Å². The summed E-state index contributed by atoms with van der Waals surface area (Å²) in [4.78, 5) is 0. The molecule has 0 radical (unpaired) electrons. The van der Waals surface area contributed by atoms with Crippen molar-refractivity contribution in [2.45, 2.75) is 20.0 Å². The second-order valence-corrected chi connectivity index (χ2v) is 4.46. The van der Waals surface area contributed by atoms with Crippen LogP contribution in [0.3, 0.4) is 0 Å². The Kier molecular flexibility index (Phi) is 3.30. The van der Waals surface area contributed by atoms with Crippen molar-refractivity contribution in [1.82, 2.24) is 9.78 Å². The van der Waals surface area contributed by atoms with Gasteiger partial charge in [0.05, 0.1) is 5.69 Å². The molecule has 0 saturated carbocycles. The van der Waals surface area contributed by atoms with Crippen LogP contribution in [0.1, 0.15) is 16.8 Å². The third-order valence-corrected chi connectivity index (χ3v) is 3.15. The summed E-state index contributed by atoms with van der Waals surface area (Å²) >= 11 is 5.87. The van der Waals surface area contributed by atoms with Crippen molar-refractivity contribution in [3.63, 3.8) is 0 Å². The molecule has 102 valence electrons. The van der Waals surface area contributed by atoms with Gasteiger partial charge in [-0.25, -0.2) is 9.07 Å². The zero-order valence-electron chi connectivity index (χ0n) is 10.0. The SMILES string of the molecule is Cc1cc(F)ccc1-n1nc(C(F)(F)F)c(C)c1Cl. The first-order chi connectivity index (χ1) is 8.71. The number of rotatable bonds is 1. The van der Waals surface area contributed by atoms with E-state index >= 15 is 0 Å². The summed E-state index contributed by atoms with van der Waals surface area (Å²) in [5.74, 6) is -0.475. The molecule has 0 atom stereocenters. The predicted octanol–water partition coefficient (Wildman–Crippen LogP) is 4.30. The molecule has 0 amide bonds. The molecular weight excluding hydrogens is 284 g/mol. The Bertz CT molecular complexity index is 631. The van der Waals surface area contributed by atoms with Gasteiger partial charge >= 0.3 is 6.18 Å². The second kappa shape index (κ2) is 4.52. The topological polar surface area (TPSA) is 17.8 Å². The van der Waals surface area contributed by atoms with Gasteiger partial charge in [0.25, 0.3) is 0 Å². The molecule has 7 heteroatoms. The zero-order valence-corrected chi connectivity index (χ0v) is 10.8. The molecule has 0 bridgehead atoms. The van der Waals surface area contributed by atoms with E-state index in [0.29, 0.717) is 11.3 Å². The van der Waals surface area contributed by atoms with Crippen molar-refractivity contribution < 1.29 is 17.6 Å². The van der Waals surface area contributed by atoms with Crippen molar-refractivity contribution in [2.24, 2.45) is 0 Å². The Morgan fingerprint density at radius 2 is 1.84 bits per heavy atom. The second-order valence-electron chi connectivity index (χ2n) is 4.10. The average molecular weight is 293 g/mol. The number of halogens is 5. The quantitative estimate of drug-likeness (QED) is 0.717. The molecule has 0 spiro atoms. The molecule has 0 fully saturated rings. The standard InChI is InChI=1S/C12H9ClF4N2/c1-6-5-8(14)3-4-9(6)19-11(13)7(2)10(18-19)12(15,16)17/h3-5H,1-2H3. The van der Waals surface area contributed by atoms with Crippen molar-refractivity contribution in [3.05, 3.63) is 46.0 Å². The minimum Gasteiger partial charge on any atom is -0.221 e. The summed E-state index contributed by atoms with van der Waals surface area (Å²) in [5, 5.41) is 3.34. The van der Waals surface area contributed by atoms with Crippen LogP contribution in [0.15, 0.2) is 18.2 Å². The van der Waals surface area contributed by atoms with E-state index in [0.717, 1.165) is 10.7 Å². The van der Waals surface area contributed by atoms with Gasteiger partial charge in [0.2, 0.25) is 0 Å². The highest BCUT2D eigenvalue weighted by Crippen LogP contribution is 2.35. The minimum absolute atomic E-state index is 0.137. The Morgan fingerprint density at radius 3 is 2.32 bits per heavy atom. The molecule has 1 aromatic carbocycles. The number of aromatic nitrogens is 2. The molecule has 1 aromatic heterocycles. The van der Waals surface area contributed by atoms with Crippen LogP contribution < -0.4 is 0 Å². The summed E-state index contributed by atoms with van der Waals surface area (Å²) in [6.45, 7) is 2.81. The normalized spacial score (nSPS) is 11.9. The van der Waals surface area contributed by atoms with Crippen molar-refractivity contribution in [3.8, 4) is 5.69 Å². The summed E-state index contributed by atoms with van der Waals surface area (Å²) < 4.78 is 52.1. The van der Waals surface area contributed by atoms with Crippen LogP contribution in [0.4, 0.5) is 17.6 Å². The Hall–Kier alpha value is -1.56. The van der Waals surface area contributed by atoms with Crippen molar-refractivity contribution >= 4 is 11.6 Å². The third-order valence-electron chi connectivity index (χ3n) is 2.71. The summed E-state index contributed by atoms with van der Waals surface area (Å²) in [6.07, 6.45) is -4.58. The lowest BCUT2D eigenvalue weighted by atomic mass is 10.2. The maximum atomic E-state index is 13.0. The molecule has 2 aromatic rings. The molecule has 0 aliphatic carbocycles. The van der Waals surface area contributed by atoms with Crippen LogP contribution in [-0.2, 0) is 6.18 Å². The molecule has 0 unspecified atom stereocenters. The van der Waals surface area contributed by atoms with Gasteiger partial charge in [-0.05, 0) is 37.6 Å². The van der Waals surface area contributed by atoms with Crippen LogP contribution in [0, 0.1) is 19.7 Å². The average Bonchev–Trinajstić information content (AvgIpc) is 2.56. The van der Waals surface area contributed by atoms with E-state index in [1.54, 1.807) is 6.92 Å². The van der Waals surface area contributed by atoms with E-state index in [-0.39, 0.29) is 10.7 Å². The lowest BCUT2D eigenvalue weighted by Crippen LogP contribution is -2.09. The summed E-state index contributed by atoms with van der Waals surface area (Å²) in [7, 11) is 0. The highest BCUT2D eigenvalue weighted by molar-refractivity contribution is 6.30. The van der Waals surface area contributed by atoms with Gasteiger partial charge in [-0.1, -0.05) is 11.6 Å². The van der Waals surface area contributed by atoms with Crippen LogP contribution in [0.5, 0.6) is 0 Å². The summed E-state index contributed by atoms with van der Waals surface area (Å²) in [5.41, 5.74) is -0.442. The van der Waals surface area contributed by atoms with Crippen LogP contribution in [-0.4, -0.2) is 9.78 Å². The Morgan fingerprint density at radius 1 is 1.21 bits per heavy atom. The zero-order chi connectivity index (χ0) is 14.4. The predicted molar refractivity (Wildman–Crippen MR) is 63.0 cm³/mol. The highest BCUT2D eigenvalue weighted by atomic mass is 35.5. The number of alkyl halides is 3. The van der Waals surface area contributed by atoms with E-state index in [9.17, 15) is 17.6 Å². The van der Waals surface area contributed by atoms with E-state index in [2.05, 4.69) is 5.10 Å². The number of benzene rings is 1. The monoisotopic (exact) mass is 292 g/mol. The van der Waals surface area contributed by atoms with Gasteiger partial charge in [0.1, 0.15) is 11.0 Å². The maximum absolute atomic E-state index is 13.0. The molecular formula is C12H9ClF4N2. The molecule has 19 heavy (non-hydrogen) atoms. The van der Waals surface area contributed by atoms with Gasteiger partial charge in [-0.3, -0.25) is 0 Å². The van der Waals surface area contributed by atoms with Crippen molar-refractivity contribution in [2.75, 3.05) is 0 Å². The first-order valence-corrected chi connectivity index (χ1v) is 5.68. The van der Waals surface area contributed by atoms with Gasteiger partial charge in [0.15, 0.2) is 5.69 Å². The highest BCUT2D eigenvalue weighted by Gasteiger charge is 2.37. The van der Waals surface area contributed by atoms with E-state index in [1.165, 1.54) is 19.1 Å². The molecule has 2 nitrogen and oxygen atoms in total. The smallest absolute Gasteiger partial charge is 0.221 e. The number of hydrogen-bond donors (Lipinski definition) is 0. The lowest BCUT2D eigenvalue weighted by Gasteiger charge is -2.07. The fourth-order valence-corrected chi connectivity index (χ4v) is 1.98. The number of hydrogen-bond acceptors (Lipinski definition) is 1. The fraction of sp³-hybridized carbons (Fsp3) is 0.250. The van der Waals surface area contributed by atoms with E-state index in [4.69, 9.17) is 11.6 Å². The number of nitrogens with zero attached hydrogens (tertiary/aromatic N) is 2. The Balaban J connectivity index is 2.64. The third kappa shape index (κ3) is 2.45. The van der Waals surface area contributed by atoms with Gasteiger partial charge in [-0.15, -0.1) is 0 Å². The molecule has 0 N–H and O–H groups in total. The minimum atomic E-state index is -4.58. The molecule has 0 saturated heterocycles. The van der Waals surface area contributed by atoms with Crippen molar-refractivity contribution in [1.29, 1.82) is 0 Å². The molecule has 0 aliphatic rings. The molecule has 2 rings (SSSR count). The van der Waals surface area contributed by atoms with E-state index in [1.807, 2.05) is 0 Å². The van der Waals surface area contributed by atoms with Crippen LogP contribution in [0.2, 0.25) is 5.15 Å². The number of aryl methyl sites for hydroxylation is 1. The van der Waals surface area contributed by atoms with Gasteiger partial charge in [-0.2, -0.15) is 18.3 Å². The summed E-state index contributed by atoms with van der Waals surface area (Å²) in [6, 6.07) is 3.68. The first-order valence-electron chi connectivity index (χ1n) is 5.30. The van der Waals surface area contributed by atoms with Crippen LogP contribution >= 0.6 is 11.6 Å². The van der Waals surface area contributed by atoms with Gasteiger partial charge in [0, 0.05) is 5.56 Å². The Labute approximate surface area is 111 Å². The molecule has 1 heterocycles. The van der Waals surface area contributed by atoms with Gasteiger partial charge < -0.3 is 0 Å². The fourth-order valence-electron chi connectivity index (χ4n) is 1.76.